The lowest BCUT2D eigenvalue weighted by molar-refractivity contribution is -0.134. The average Bonchev–Trinajstić information content (AvgIpc) is 2.58. The molecule has 16 heavy (non-hydrogen) atoms. The van der Waals surface area contributed by atoms with Gasteiger partial charge in [0.2, 0.25) is 5.95 Å². The van der Waals surface area contributed by atoms with Crippen LogP contribution in [-0.4, -0.2) is 42.6 Å². The summed E-state index contributed by atoms with van der Waals surface area (Å²) in [7, 11) is 1.71. The number of nitrogens with zero attached hydrogens (tertiary/aromatic N) is 5. The highest BCUT2D eigenvalue weighted by atomic mass is 16.4. The van der Waals surface area contributed by atoms with Crippen LogP contribution < -0.4 is 5.32 Å². The van der Waals surface area contributed by atoms with Crippen molar-refractivity contribution >= 4 is 23.1 Å². The molecule has 0 atom stereocenters. The van der Waals surface area contributed by atoms with Gasteiger partial charge in [-0.2, -0.15) is 4.98 Å². The van der Waals surface area contributed by atoms with Gasteiger partial charge in [-0.25, -0.2) is 9.67 Å². The van der Waals surface area contributed by atoms with Crippen LogP contribution in [0.4, 0.5) is 5.95 Å². The number of carboxylic acid groups (broad SMARTS) is 1. The zero-order valence-corrected chi connectivity index (χ0v) is 8.80. The van der Waals surface area contributed by atoms with Crippen LogP contribution in [0, 0.1) is 6.92 Å². The van der Waals surface area contributed by atoms with E-state index in [0.29, 0.717) is 16.9 Å². The molecule has 84 valence electrons. The number of aryl methyl sites for hydroxylation is 2. The Morgan fingerprint density at radius 2 is 2.25 bits per heavy atom. The number of fused-ring (bicyclic) bond motifs is 1. The first-order chi connectivity index (χ1) is 7.58. The van der Waals surface area contributed by atoms with Crippen molar-refractivity contribution in [1.82, 2.24) is 25.0 Å². The van der Waals surface area contributed by atoms with E-state index in [2.05, 4.69) is 25.6 Å². The normalized spacial score (nSPS) is 10.6. The minimum atomic E-state index is -0.968. The summed E-state index contributed by atoms with van der Waals surface area (Å²) in [5.74, 6) is -0.706. The second-order valence-corrected chi connectivity index (χ2v) is 3.27. The van der Waals surface area contributed by atoms with Crippen molar-refractivity contribution in [3.05, 3.63) is 5.69 Å². The van der Waals surface area contributed by atoms with E-state index in [1.54, 1.807) is 14.0 Å². The summed E-state index contributed by atoms with van der Waals surface area (Å²) >= 11 is 0. The molecule has 0 saturated heterocycles. The third-order valence-electron chi connectivity index (χ3n) is 2.02. The van der Waals surface area contributed by atoms with E-state index in [9.17, 15) is 4.79 Å². The number of hydrogen-bond donors (Lipinski definition) is 2. The molecule has 0 bridgehead atoms. The highest BCUT2D eigenvalue weighted by Crippen LogP contribution is 2.12. The molecule has 2 N–H and O–H groups in total. The van der Waals surface area contributed by atoms with Gasteiger partial charge in [0.15, 0.2) is 11.2 Å². The van der Waals surface area contributed by atoms with E-state index in [1.807, 2.05) is 0 Å². The third-order valence-corrected chi connectivity index (χ3v) is 2.02. The molecule has 0 radical (unpaired) electrons. The summed E-state index contributed by atoms with van der Waals surface area (Å²) < 4.78 is 1.51. The molecule has 2 aromatic rings. The van der Waals surface area contributed by atoms with E-state index < -0.39 is 5.97 Å². The Hall–Kier alpha value is -2.25. The van der Waals surface area contributed by atoms with Crippen molar-refractivity contribution in [3.63, 3.8) is 0 Å². The molecular formula is C8H10N6O2. The average molecular weight is 222 g/mol. The van der Waals surface area contributed by atoms with Crippen LogP contribution in [0.3, 0.4) is 0 Å². The zero-order valence-electron chi connectivity index (χ0n) is 8.80. The van der Waals surface area contributed by atoms with Gasteiger partial charge in [-0.15, -0.1) is 5.10 Å². The van der Waals surface area contributed by atoms with E-state index in [1.165, 1.54) is 4.68 Å². The van der Waals surface area contributed by atoms with Crippen molar-refractivity contribution in [2.45, 2.75) is 6.92 Å². The van der Waals surface area contributed by atoms with Crippen molar-refractivity contribution in [2.24, 2.45) is 7.05 Å². The lowest BCUT2D eigenvalue weighted by atomic mass is 10.4. The first-order valence-electron chi connectivity index (χ1n) is 4.57. The largest absolute Gasteiger partial charge is 0.480 e. The van der Waals surface area contributed by atoms with Gasteiger partial charge in [-0.3, -0.25) is 4.79 Å². The van der Waals surface area contributed by atoms with Crippen molar-refractivity contribution < 1.29 is 9.90 Å². The van der Waals surface area contributed by atoms with Crippen molar-refractivity contribution in [3.8, 4) is 0 Å². The summed E-state index contributed by atoms with van der Waals surface area (Å²) in [5.41, 5.74) is 1.84. The van der Waals surface area contributed by atoms with Gasteiger partial charge < -0.3 is 10.4 Å². The summed E-state index contributed by atoms with van der Waals surface area (Å²) in [5, 5.41) is 18.8. The van der Waals surface area contributed by atoms with Crippen LogP contribution in [-0.2, 0) is 11.8 Å². The molecule has 0 aliphatic carbocycles. The first-order valence-corrected chi connectivity index (χ1v) is 4.57. The quantitative estimate of drug-likeness (QED) is 0.725. The fourth-order valence-electron chi connectivity index (χ4n) is 1.28. The smallest absolute Gasteiger partial charge is 0.322 e. The molecule has 0 fully saturated rings. The fraction of sp³-hybridized carbons (Fsp3) is 0.375. The number of aliphatic carboxylic acids is 1. The highest BCUT2D eigenvalue weighted by molar-refractivity contribution is 5.75. The minimum Gasteiger partial charge on any atom is -0.480 e. The number of rotatable bonds is 3. The summed E-state index contributed by atoms with van der Waals surface area (Å²) in [6.45, 7) is 1.54. The molecule has 0 unspecified atom stereocenters. The highest BCUT2D eigenvalue weighted by Gasteiger charge is 2.10. The molecule has 0 spiro atoms. The summed E-state index contributed by atoms with van der Waals surface area (Å²) in [6, 6.07) is 0. The van der Waals surface area contributed by atoms with Gasteiger partial charge in [0.1, 0.15) is 6.54 Å². The predicted octanol–water partition coefficient (Wildman–Crippen LogP) is -0.437. The third kappa shape index (κ3) is 1.76. The maximum atomic E-state index is 10.4. The number of carboxylic acids is 1. The maximum absolute atomic E-state index is 10.4. The Morgan fingerprint density at radius 1 is 1.50 bits per heavy atom. The summed E-state index contributed by atoms with van der Waals surface area (Å²) in [4.78, 5) is 18.6. The van der Waals surface area contributed by atoms with Crippen LogP contribution in [0.2, 0.25) is 0 Å². The van der Waals surface area contributed by atoms with E-state index in [4.69, 9.17) is 5.11 Å². The molecule has 0 amide bonds. The molecule has 2 aromatic heterocycles. The Bertz CT molecular complexity index is 549. The second kappa shape index (κ2) is 3.72. The van der Waals surface area contributed by atoms with Gasteiger partial charge in [-0.1, -0.05) is 5.21 Å². The van der Waals surface area contributed by atoms with Crippen LogP contribution >= 0.6 is 0 Å². The van der Waals surface area contributed by atoms with E-state index in [0.717, 1.165) is 0 Å². The van der Waals surface area contributed by atoms with Crippen LogP contribution in [0.25, 0.3) is 11.2 Å². The standard InChI is InChI=1S/C8H10N6O2/c1-4-6-7(14(2)13-12-6)11-8(10-4)9-3-5(15)16/h3H2,1-2H3,(H,15,16)(H,9,10,11). The number of aromatic nitrogens is 5. The molecule has 0 aliphatic rings. The van der Waals surface area contributed by atoms with Gasteiger partial charge in [0, 0.05) is 7.05 Å². The second-order valence-electron chi connectivity index (χ2n) is 3.27. The van der Waals surface area contributed by atoms with Gasteiger partial charge in [-0.05, 0) is 6.92 Å². The molecule has 8 heteroatoms. The molecular weight excluding hydrogens is 212 g/mol. The number of anilines is 1. The van der Waals surface area contributed by atoms with E-state index >= 15 is 0 Å². The first kappa shape index (κ1) is 10.3. The molecule has 0 saturated carbocycles. The Morgan fingerprint density at radius 3 is 2.94 bits per heavy atom. The molecule has 2 heterocycles. The van der Waals surface area contributed by atoms with Crippen LogP contribution in [0.5, 0.6) is 0 Å². The summed E-state index contributed by atoms with van der Waals surface area (Å²) in [6.07, 6.45) is 0. The van der Waals surface area contributed by atoms with Crippen LogP contribution in [0.15, 0.2) is 0 Å². The predicted molar refractivity (Wildman–Crippen MR) is 55.0 cm³/mol. The van der Waals surface area contributed by atoms with Gasteiger partial charge in [0.25, 0.3) is 0 Å². The molecule has 0 aromatic carbocycles. The molecule has 8 nitrogen and oxygen atoms in total. The molecule has 2 rings (SSSR count). The topological polar surface area (TPSA) is 106 Å². The number of nitrogens with one attached hydrogen (secondary N) is 1. The van der Waals surface area contributed by atoms with Gasteiger partial charge >= 0.3 is 5.97 Å². The SMILES string of the molecule is Cc1nc(NCC(=O)O)nc2c1nnn2C. The number of hydrogen-bond acceptors (Lipinski definition) is 6. The maximum Gasteiger partial charge on any atom is 0.322 e. The fourth-order valence-corrected chi connectivity index (χ4v) is 1.28. The number of carbonyl (C=O) groups is 1. The zero-order chi connectivity index (χ0) is 11.7. The van der Waals surface area contributed by atoms with Crippen molar-refractivity contribution in [2.75, 3.05) is 11.9 Å². The van der Waals surface area contributed by atoms with E-state index in [-0.39, 0.29) is 12.5 Å². The Kier molecular flexibility index (Phi) is 2.39. The monoisotopic (exact) mass is 222 g/mol. The lowest BCUT2D eigenvalue weighted by Gasteiger charge is -2.02. The minimum absolute atomic E-state index is 0.226. The van der Waals surface area contributed by atoms with Crippen molar-refractivity contribution in [1.29, 1.82) is 0 Å². The lowest BCUT2D eigenvalue weighted by Crippen LogP contribution is -2.14. The Labute approximate surface area is 90.3 Å². The van der Waals surface area contributed by atoms with Gasteiger partial charge in [0.05, 0.1) is 5.69 Å². The Balaban J connectivity index is 2.40. The molecule has 0 aliphatic heterocycles. The van der Waals surface area contributed by atoms with Crippen LogP contribution in [0.1, 0.15) is 5.69 Å².